The minimum Gasteiger partial charge on any atom is -0.342 e. The first kappa shape index (κ1) is 21.2. The first-order chi connectivity index (χ1) is 14.0. The van der Waals surface area contributed by atoms with Crippen molar-refractivity contribution in [2.45, 2.75) is 40.2 Å². The van der Waals surface area contributed by atoms with Crippen molar-refractivity contribution < 1.29 is 14.4 Å². The molecule has 6 nitrogen and oxygen atoms in total. The third kappa shape index (κ3) is 4.40. The minimum atomic E-state index is -0.232. The van der Waals surface area contributed by atoms with Gasteiger partial charge in [0, 0.05) is 42.3 Å². The van der Waals surface area contributed by atoms with Crippen molar-refractivity contribution in [2.24, 2.45) is 0 Å². The second-order valence-corrected chi connectivity index (χ2v) is 7.98. The van der Waals surface area contributed by atoms with Crippen LogP contribution in [-0.2, 0) is 16.1 Å². The molecule has 7 heteroatoms. The second-order valence-electron chi connectivity index (χ2n) is 6.98. The van der Waals surface area contributed by atoms with Crippen molar-refractivity contribution in [3.05, 3.63) is 40.9 Å². The summed E-state index contributed by atoms with van der Waals surface area (Å²) >= 11 is 0.985. The number of benzene rings is 1. The highest BCUT2D eigenvalue weighted by atomic mass is 32.2. The fraction of sp³-hybridized carbons (Fsp3) is 0.409. The number of aromatic nitrogens is 1. The van der Waals surface area contributed by atoms with Crippen LogP contribution in [0, 0.1) is 0 Å². The quantitative estimate of drug-likeness (QED) is 0.604. The summed E-state index contributed by atoms with van der Waals surface area (Å²) in [6, 6.07) is 7.81. The molecule has 2 heterocycles. The van der Waals surface area contributed by atoms with Gasteiger partial charge in [0.15, 0.2) is 0 Å². The van der Waals surface area contributed by atoms with E-state index in [1.807, 2.05) is 55.8 Å². The van der Waals surface area contributed by atoms with Crippen LogP contribution < -0.4 is 0 Å². The van der Waals surface area contributed by atoms with Crippen LogP contribution in [0.5, 0.6) is 0 Å². The highest BCUT2D eigenvalue weighted by Gasteiger charge is 2.34. The first-order valence-corrected chi connectivity index (χ1v) is 10.9. The summed E-state index contributed by atoms with van der Waals surface area (Å²) in [6.45, 7) is 8.01. The molecule has 0 N–H and O–H groups in total. The second kappa shape index (κ2) is 9.31. The van der Waals surface area contributed by atoms with E-state index >= 15 is 0 Å². The highest BCUT2D eigenvalue weighted by Crippen LogP contribution is 2.34. The number of carbonyl (C=O) groups is 3. The van der Waals surface area contributed by atoms with Crippen LogP contribution in [0.1, 0.15) is 39.2 Å². The van der Waals surface area contributed by atoms with Crippen LogP contribution in [0.2, 0.25) is 0 Å². The summed E-state index contributed by atoms with van der Waals surface area (Å²) < 4.78 is 1.92. The molecular formula is C22H27N3O3S. The Bertz CT molecular complexity index is 959. The predicted molar refractivity (Wildman–Crippen MR) is 117 cm³/mol. The molecule has 0 radical (unpaired) electrons. The molecule has 1 aromatic heterocycles. The Labute approximate surface area is 175 Å². The fourth-order valence-electron chi connectivity index (χ4n) is 3.49. The lowest BCUT2D eigenvalue weighted by atomic mass is 10.1. The average molecular weight is 414 g/mol. The summed E-state index contributed by atoms with van der Waals surface area (Å²) in [4.78, 5) is 41.0. The van der Waals surface area contributed by atoms with E-state index in [0.29, 0.717) is 24.5 Å². The number of likely N-dealkylation sites (N-methyl/N-ethyl adjacent to an activating group) is 1. The Morgan fingerprint density at radius 3 is 2.55 bits per heavy atom. The molecule has 0 saturated carbocycles. The molecule has 2 aromatic rings. The highest BCUT2D eigenvalue weighted by molar-refractivity contribution is 8.18. The molecule has 29 heavy (non-hydrogen) atoms. The van der Waals surface area contributed by atoms with Gasteiger partial charge in [0.1, 0.15) is 6.54 Å². The zero-order chi connectivity index (χ0) is 21.0. The van der Waals surface area contributed by atoms with Gasteiger partial charge in [0.05, 0.1) is 4.91 Å². The number of unbranched alkanes of at least 4 members (excludes halogenated alkanes) is 1. The Hall–Kier alpha value is -2.54. The van der Waals surface area contributed by atoms with Gasteiger partial charge in [-0.1, -0.05) is 31.5 Å². The van der Waals surface area contributed by atoms with Crippen LogP contribution in [0.3, 0.4) is 0 Å². The van der Waals surface area contributed by atoms with Crippen molar-refractivity contribution in [1.82, 2.24) is 14.4 Å². The Balaban J connectivity index is 1.93. The number of imide groups is 1. The number of fused-ring (bicyclic) bond motifs is 1. The molecule has 1 aliphatic rings. The summed E-state index contributed by atoms with van der Waals surface area (Å²) in [5.41, 5.74) is 1.78. The van der Waals surface area contributed by atoms with Crippen molar-refractivity contribution in [3.8, 4) is 0 Å². The first-order valence-electron chi connectivity index (χ1n) is 10.1. The van der Waals surface area contributed by atoms with E-state index in [2.05, 4.69) is 0 Å². The van der Waals surface area contributed by atoms with Crippen LogP contribution in [-0.4, -0.2) is 51.1 Å². The van der Waals surface area contributed by atoms with Crippen LogP contribution in [0.25, 0.3) is 17.0 Å². The lowest BCUT2D eigenvalue weighted by Gasteiger charge is -2.19. The van der Waals surface area contributed by atoms with Gasteiger partial charge < -0.3 is 9.47 Å². The lowest BCUT2D eigenvalue weighted by Crippen LogP contribution is -2.33. The van der Waals surface area contributed by atoms with Gasteiger partial charge >= 0.3 is 0 Å². The third-order valence-corrected chi connectivity index (χ3v) is 6.04. The third-order valence-electron chi connectivity index (χ3n) is 5.14. The summed E-state index contributed by atoms with van der Waals surface area (Å²) in [6.07, 6.45) is 5.40. The molecular weight excluding hydrogens is 386 g/mol. The van der Waals surface area contributed by atoms with E-state index in [1.54, 1.807) is 11.0 Å². The molecule has 154 valence electrons. The van der Waals surface area contributed by atoms with E-state index < -0.39 is 0 Å². The van der Waals surface area contributed by atoms with E-state index in [4.69, 9.17) is 0 Å². The van der Waals surface area contributed by atoms with E-state index in [1.165, 1.54) is 4.90 Å². The van der Waals surface area contributed by atoms with Crippen LogP contribution in [0.4, 0.5) is 4.79 Å². The van der Waals surface area contributed by atoms with Gasteiger partial charge in [-0.3, -0.25) is 19.3 Å². The smallest absolute Gasteiger partial charge is 0.293 e. The number of hydrogen-bond acceptors (Lipinski definition) is 4. The van der Waals surface area contributed by atoms with E-state index in [9.17, 15) is 14.4 Å². The number of nitrogens with zero attached hydrogens (tertiary/aromatic N) is 3. The van der Waals surface area contributed by atoms with Gasteiger partial charge in [-0.25, -0.2) is 0 Å². The van der Waals surface area contributed by atoms with Gasteiger partial charge in [-0.15, -0.1) is 0 Å². The molecule has 0 unspecified atom stereocenters. The number of amides is 3. The van der Waals surface area contributed by atoms with Crippen molar-refractivity contribution in [1.29, 1.82) is 0 Å². The zero-order valence-corrected chi connectivity index (χ0v) is 18.0. The van der Waals surface area contributed by atoms with Crippen molar-refractivity contribution in [2.75, 3.05) is 19.6 Å². The Morgan fingerprint density at radius 2 is 1.86 bits per heavy atom. The van der Waals surface area contributed by atoms with Gasteiger partial charge in [-0.2, -0.15) is 0 Å². The topological polar surface area (TPSA) is 62.6 Å². The summed E-state index contributed by atoms with van der Waals surface area (Å²) in [5.74, 6) is -0.174. The fourth-order valence-corrected chi connectivity index (χ4v) is 4.35. The minimum absolute atomic E-state index is 0.0576. The van der Waals surface area contributed by atoms with Crippen LogP contribution in [0.15, 0.2) is 35.4 Å². The Morgan fingerprint density at radius 1 is 1.14 bits per heavy atom. The van der Waals surface area contributed by atoms with Gasteiger partial charge in [0.2, 0.25) is 5.91 Å². The van der Waals surface area contributed by atoms with Gasteiger partial charge in [0.25, 0.3) is 11.1 Å². The molecule has 0 spiro atoms. The number of rotatable bonds is 8. The normalized spacial score (nSPS) is 15.7. The van der Waals surface area contributed by atoms with Crippen LogP contribution >= 0.6 is 11.8 Å². The van der Waals surface area contributed by atoms with Gasteiger partial charge in [-0.05, 0) is 44.2 Å². The molecule has 0 aliphatic carbocycles. The SMILES string of the molecule is CCCCN1C(=O)S/C(=C\c2cn(CC(=O)N(CC)CC)c3ccccc23)C1=O. The van der Waals surface area contributed by atoms with Crippen molar-refractivity contribution in [3.63, 3.8) is 0 Å². The summed E-state index contributed by atoms with van der Waals surface area (Å²) in [7, 11) is 0. The largest absolute Gasteiger partial charge is 0.342 e. The molecule has 3 amide bonds. The molecule has 1 aliphatic heterocycles. The maximum absolute atomic E-state index is 12.7. The molecule has 1 saturated heterocycles. The van der Waals surface area contributed by atoms with E-state index in [-0.39, 0.29) is 23.6 Å². The lowest BCUT2D eigenvalue weighted by molar-refractivity contribution is -0.131. The van der Waals surface area contributed by atoms with Crippen molar-refractivity contribution >= 4 is 45.8 Å². The molecule has 3 rings (SSSR count). The monoisotopic (exact) mass is 413 g/mol. The molecule has 0 bridgehead atoms. The number of carbonyl (C=O) groups excluding carboxylic acids is 3. The number of para-hydroxylation sites is 1. The maximum Gasteiger partial charge on any atom is 0.293 e. The van der Waals surface area contributed by atoms with E-state index in [0.717, 1.165) is 41.1 Å². The average Bonchev–Trinajstić information content (AvgIpc) is 3.19. The summed E-state index contributed by atoms with van der Waals surface area (Å²) in [5, 5.41) is 0.746. The standard InChI is InChI=1S/C22H27N3O3S/c1-4-7-12-25-21(27)19(29-22(25)28)13-16-14-24(15-20(26)23(5-2)6-3)18-11-9-8-10-17(16)18/h8-11,13-14H,4-7,12,15H2,1-3H3/b19-13-. The maximum atomic E-state index is 12.7. The number of thioether (sulfide) groups is 1. The zero-order valence-electron chi connectivity index (χ0n) is 17.2. The molecule has 0 atom stereocenters. The number of hydrogen-bond donors (Lipinski definition) is 0. The molecule has 1 fully saturated rings. The Kier molecular flexibility index (Phi) is 6.79. The predicted octanol–water partition coefficient (Wildman–Crippen LogP) is 4.35. The molecule has 1 aromatic carbocycles.